The maximum Gasteiger partial charge on any atom is 0.256 e. The van der Waals surface area contributed by atoms with Gasteiger partial charge in [0.25, 0.3) is 5.91 Å². The van der Waals surface area contributed by atoms with Gasteiger partial charge in [0, 0.05) is 5.88 Å². The van der Waals surface area contributed by atoms with E-state index in [1.165, 1.54) is 12.3 Å². The van der Waals surface area contributed by atoms with E-state index in [-0.39, 0.29) is 11.1 Å². The molecule has 1 aromatic heterocycles. The molecular formula is C10H13Cl2NO2. The van der Waals surface area contributed by atoms with Crippen molar-refractivity contribution in [1.29, 1.82) is 0 Å². The molecule has 0 aliphatic rings. The third kappa shape index (κ3) is 2.89. The summed E-state index contributed by atoms with van der Waals surface area (Å²) in [7, 11) is 0. The summed E-state index contributed by atoms with van der Waals surface area (Å²) in [6.07, 6.45) is 2.12. The predicted molar refractivity (Wildman–Crippen MR) is 60.6 cm³/mol. The third-order valence-corrected chi connectivity index (χ3v) is 3.24. The number of amides is 1. The average Bonchev–Trinajstić information content (AvgIpc) is 2.64. The van der Waals surface area contributed by atoms with Gasteiger partial charge in [-0.1, -0.05) is 6.92 Å². The highest BCUT2D eigenvalue weighted by Crippen LogP contribution is 2.19. The molecule has 1 unspecified atom stereocenters. The van der Waals surface area contributed by atoms with Gasteiger partial charge in [-0.25, -0.2) is 0 Å². The lowest BCUT2D eigenvalue weighted by atomic mass is 10.0. The molecule has 0 bridgehead atoms. The topological polar surface area (TPSA) is 42.2 Å². The van der Waals surface area contributed by atoms with Crippen molar-refractivity contribution in [2.75, 3.05) is 5.88 Å². The van der Waals surface area contributed by atoms with E-state index in [0.29, 0.717) is 11.4 Å². The van der Waals surface area contributed by atoms with Gasteiger partial charge in [-0.3, -0.25) is 4.79 Å². The van der Waals surface area contributed by atoms with Gasteiger partial charge in [-0.15, -0.1) is 11.6 Å². The Balaban J connectivity index is 2.76. The summed E-state index contributed by atoms with van der Waals surface area (Å²) in [4.78, 5) is 11.7. The van der Waals surface area contributed by atoms with Gasteiger partial charge in [0.05, 0.1) is 17.4 Å². The quantitative estimate of drug-likeness (QED) is 0.834. The minimum Gasteiger partial charge on any atom is -0.452 e. The van der Waals surface area contributed by atoms with Crippen LogP contribution in [0.3, 0.4) is 0 Å². The summed E-state index contributed by atoms with van der Waals surface area (Å²) in [6, 6.07) is 1.53. The largest absolute Gasteiger partial charge is 0.452 e. The number of carbonyl (C=O) groups excluding carboxylic acids is 1. The van der Waals surface area contributed by atoms with Gasteiger partial charge in [0.1, 0.15) is 0 Å². The van der Waals surface area contributed by atoms with E-state index in [1.807, 2.05) is 13.8 Å². The van der Waals surface area contributed by atoms with Crippen LogP contribution in [0.15, 0.2) is 16.7 Å². The Morgan fingerprint density at radius 3 is 2.73 bits per heavy atom. The number of furan rings is 1. The van der Waals surface area contributed by atoms with Gasteiger partial charge < -0.3 is 9.73 Å². The molecule has 3 nitrogen and oxygen atoms in total. The number of hydrogen-bond acceptors (Lipinski definition) is 2. The molecule has 1 amide bonds. The van der Waals surface area contributed by atoms with Crippen LogP contribution in [-0.4, -0.2) is 17.3 Å². The Kier molecular flexibility index (Phi) is 4.05. The molecule has 5 heteroatoms. The molecule has 0 fully saturated rings. The molecule has 0 aromatic carbocycles. The molecule has 15 heavy (non-hydrogen) atoms. The number of nitrogens with one attached hydrogen (secondary N) is 1. The summed E-state index contributed by atoms with van der Waals surface area (Å²) in [5.74, 6) is 0.0868. The van der Waals surface area contributed by atoms with E-state index in [9.17, 15) is 4.79 Å². The zero-order valence-corrected chi connectivity index (χ0v) is 10.2. The van der Waals surface area contributed by atoms with Crippen molar-refractivity contribution in [3.05, 3.63) is 23.1 Å². The fraction of sp³-hybridized carbons (Fsp3) is 0.500. The van der Waals surface area contributed by atoms with Crippen LogP contribution in [0.2, 0.25) is 5.22 Å². The van der Waals surface area contributed by atoms with E-state index in [4.69, 9.17) is 27.6 Å². The lowest BCUT2D eigenvalue weighted by Crippen LogP contribution is -2.47. The zero-order chi connectivity index (χ0) is 11.5. The minimum absolute atomic E-state index is 0.0977. The van der Waals surface area contributed by atoms with Gasteiger partial charge in [-0.05, 0) is 31.0 Å². The highest BCUT2D eigenvalue weighted by molar-refractivity contribution is 6.32. The first-order valence-electron chi connectivity index (χ1n) is 4.64. The van der Waals surface area contributed by atoms with Crippen molar-refractivity contribution < 1.29 is 9.21 Å². The van der Waals surface area contributed by atoms with E-state index >= 15 is 0 Å². The van der Waals surface area contributed by atoms with Crippen LogP contribution in [-0.2, 0) is 0 Å². The van der Waals surface area contributed by atoms with E-state index < -0.39 is 5.54 Å². The number of carbonyl (C=O) groups is 1. The molecule has 0 saturated carbocycles. The van der Waals surface area contributed by atoms with Crippen LogP contribution >= 0.6 is 23.2 Å². The molecule has 1 N–H and O–H groups in total. The third-order valence-electron chi connectivity index (χ3n) is 2.35. The van der Waals surface area contributed by atoms with Crippen molar-refractivity contribution in [2.24, 2.45) is 0 Å². The van der Waals surface area contributed by atoms with E-state index in [2.05, 4.69) is 5.32 Å². The average molecular weight is 250 g/mol. The molecule has 1 rings (SSSR count). The molecule has 0 radical (unpaired) electrons. The van der Waals surface area contributed by atoms with Gasteiger partial charge in [-0.2, -0.15) is 0 Å². The second kappa shape index (κ2) is 4.90. The molecule has 0 spiro atoms. The molecule has 84 valence electrons. The monoisotopic (exact) mass is 249 g/mol. The van der Waals surface area contributed by atoms with Crippen LogP contribution in [0, 0.1) is 0 Å². The maximum absolute atomic E-state index is 11.7. The Hall–Kier alpha value is -0.670. The van der Waals surface area contributed by atoms with Crippen molar-refractivity contribution in [1.82, 2.24) is 5.32 Å². The predicted octanol–water partition coefficient (Wildman–Crippen LogP) is 3.07. The Labute approximate surface area is 98.7 Å². The molecule has 0 aliphatic carbocycles. The first-order valence-corrected chi connectivity index (χ1v) is 5.55. The second-order valence-electron chi connectivity index (χ2n) is 3.61. The summed E-state index contributed by atoms with van der Waals surface area (Å²) < 4.78 is 4.84. The Bertz CT molecular complexity index is 345. The summed E-state index contributed by atoms with van der Waals surface area (Å²) >= 11 is 11.5. The van der Waals surface area contributed by atoms with Gasteiger partial charge >= 0.3 is 0 Å². The highest BCUT2D eigenvalue weighted by atomic mass is 35.5. The summed E-state index contributed by atoms with van der Waals surface area (Å²) in [5.41, 5.74) is -0.0827. The SMILES string of the molecule is CCC(C)(CCl)NC(=O)c1ccoc1Cl. The normalized spacial score (nSPS) is 14.7. The molecule has 1 aromatic rings. The van der Waals surface area contributed by atoms with Gasteiger partial charge in [0.2, 0.25) is 5.22 Å². The Morgan fingerprint density at radius 2 is 2.33 bits per heavy atom. The number of rotatable bonds is 4. The van der Waals surface area contributed by atoms with Crippen molar-refractivity contribution in [3.63, 3.8) is 0 Å². The van der Waals surface area contributed by atoms with Crippen molar-refractivity contribution in [2.45, 2.75) is 25.8 Å². The lowest BCUT2D eigenvalue weighted by Gasteiger charge is -2.26. The fourth-order valence-corrected chi connectivity index (χ4v) is 1.47. The highest BCUT2D eigenvalue weighted by Gasteiger charge is 2.25. The smallest absolute Gasteiger partial charge is 0.256 e. The molecule has 0 saturated heterocycles. The molecule has 1 heterocycles. The first-order chi connectivity index (χ1) is 7.02. The molecule has 1 atom stereocenters. The Morgan fingerprint density at radius 1 is 1.67 bits per heavy atom. The van der Waals surface area contributed by atoms with Crippen molar-refractivity contribution >= 4 is 29.1 Å². The molecule has 0 aliphatic heterocycles. The molecular weight excluding hydrogens is 237 g/mol. The fourth-order valence-electron chi connectivity index (χ4n) is 1.01. The lowest BCUT2D eigenvalue weighted by molar-refractivity contribution is 0.0912. The van der Waals surface area contributed by atoms with E-state index in [0.717, 1.165) is 6.42 Å². The number of hydrogen-bond donors (Lipinski definition) is 1. The van der Waals surface area contributed by atoms with Crippen LogP contribution in [0.25, 0.3) is 0 Å². The number of halogens is 2. The second-order valence-corrected chi connectivity index (χ2v) is 4.22. The minimum atomic E-state index is -0.417. The zero-order valence-electron chi connectivity index (χ0n) is 8.64. The van der Waals surface area contributed by atoms with Crippen molar-refractivity contribution in [3.8, 4) is 0 Å². The summed E-state index contributed by atoms with van der Waals surface area (Å²) in [6.45, 7) is 3.84. The maximum atomic E-state index is 11.7. The summed E-state index contributed by atoms with van der Waals surface area (Å²) in [5, 5.41) is 2.92. The first kappa shape index (κ1) is 12.4. The van der Waals surface area contributed by atoms with Crippen LogP contribution in [0.4, 0.5) is 0 Å². The van der Waals surface area contributed by atoms with Crippen LogP contribution < -0.4 is 5.32 Å². The standard InChI is InChI=1S/C10H13Cl2NO2/c1-3-10(2,6-11)13-9(14)7-4-5-15-8(7)12/h4-5H,3,6H2,1-2H3,(H,13,14). The van der Waals surface area contributed by atoms with E-state index in [1.54, 1.807) is 0 Å². The van der Waals surface area contributed by atoms with Crippen LogP contribution in [0.5, 0.6) is 0 Å². The number of alkyl halides is 1. The van der Waals surface area contributed by atoms with Crippen LogP contribution in [0.1, 0.15) is 30.6 Å². The van der Waals surface area contributed by atoms with Gasteiger partial charge in [0.15, 0.2) is 0 Å².